The highest BCUT2D eigenvalue weighted by atomic mass is 35.5. The second-order valence-electron chi connectivity index (χ2n) is 9.44. The van der Waals surface area contributed by atoms with Crippen LogP contribution in [0.15, 0.2) is 54.6 Å². The number of nitrogens with two attached hydrogens (primary N) is 1. The van der Waals surface area contributed by atoms with Crippen molar-refractivity contribution in [3.05, 3.63) is 70.7 Å². The zero-order valence-electron chi connectivity index (χ0n) is 19.0. The van der Waals surface area contributed by atoms with Crippen molar-refractivity contribution in [1.82, 2.24) is 14.7 Å². The molecule has 0 saturated carbocycles. The van der Waals surface area contributed by atoms with Crippen LogP contribution < -0.4 is 5.73 Å². The minimum atomic E-state index is -0.510. The Kier molecular flexibility index (Phi) is 7.51. The van der Waals surface area contributed by atoms with Crippen molar-refractivity contribution in [2.24, 2.45) is 5.73 Å². The molecule has 2 aliphatic heterocycles. The molecule has 2 fully saturated rings. The van der Waals surface area contributed by atoms with Gasteiger partial charge in [0.25, 0.3) is 0 Å². The molecule has 0 radical (unpaired) electrons. The largest absolute Gasteiger partial charge is 0.339 e. The molecule has 0 bridgehead atoms. The number of carbonyl (C=O) groups excluding carboxylic acids is 1. The number of nitrogens with zero attached hydrogens (tertiary/aromatic N) is 3. The molecule has 4 rings (SSSR count). The summed E-state index contributed by atoms with van der Waals surface area (Å²) in [6.45, 7) is 5.57. The van der Waals surface area contributed by atoms with Crippen molar-refractivity contribution in [1.29, 1.82) is 0 Å². The molecular weight excluding hydrogens is 420 g/mol. The maximum absolute atomic E-state index is 13.0. The van der Waals surface area contributed by atoms with Crippen molar-refractivity contribution in [3.8, 4) is 0 Å². The number of carbonyl (C=O) groups is 1. The molecule has 32 heavy (non-hydrogen) atoms. The molecule has 1 amide bonds. The highest BCUT2D eigenvalue weighted by Gasteiger charge is 2.41. The monoisotopic (exact) mass is 454 g/mol. The second-order valence-corrected chi connectivity index (χ2v) is 9.88. The Hall–Kier alpha value is -1.92. The lowest BCUT2D eigenvalue weighted by Gasteiger charge is -2.51. The predicted octanol–water partition coefficient (Wildman–Crippen LogP) is 3.06. The third kappa shape index (κ3) is 5.52. The molecule has 5 nitrogen and oxygen atoms in total. The third-order valence-corrected chi connectivity index (χ3v) is 7.49. The SMILES string of the molecule is CN1CCC(Cc2ccccc2)(N2CCN(C(=O)C(N)Cc3ccc(Cl)cc3)CC2)CC1. The maximum Gasteiger partial charge on any atom is 0.239 e. The first kappa shape index (κ1) is 23.2. The van der Waals surface area contributed by atoms with Crippen LogP contribution in [0, 0.1) is 0 Å². The van der Waals surface area contributed by atoms with Crippen LogP contribution in [0.2, 0.25) is 5.02 Å². The van der Waals surface area contributed by atoms with Crippen molar-refractivity contribution >= 4 is 17.5 Å². The van der Waals surface area contributed by atoms with Gasteiger partial charge in [-0.3, -0.25) is 9.69 Å². The van der Waals surface area contributed by atoms with E-state index in [1.807, 2.05) is 29.2 Å². The van der Waals surface area contributed by atoms with Gasteiger partial charge in [-0.2, -0.15) is 0 Å². The summed E-state index contributed by atoms with van der Waals surface area (Å²) in [7, 11) is 2.21. The van der Waals surface area contributed by atoms with Gasteiger partial charge in [-0.15, -0.1) is 0 Å². The lowest BCUT2D eigenvalue weighted by atomic mass is 9.80. The van der Waals surface area contributed by atoms with Crippen molar-refractivity contribution in [3.63, 3.8) is 0 Å². The van der Waals surface area contributed by atoms with Gasteiger partial charge in [-0.05, 0) is 69.1 Å². The normalized spacial score (nSPS) is 20.8. The van der Waals surface area contributed by atoms with Crippen LogP contribution in [-0.4, -0.2) is 78.5 Å². The Morgan fingerprint density at radius 1 is 0.938 bits per heavy atom. The van der Waals surface area contributed by atoms with Gasteiger partial charge in [0.1, 0.15) is 0 Å². The van der Waals surface area contributed by atoms with E-state index in [9.17, 15) is 4.79 Å². The molecule has 172 valence electrons. The molecule has 6 heteroatoms. The van der Waals surface area contributed by atoms with Crippen molar-refractivity contribution < 1.29 is 4.79 Å². The maximum atomic E-state index is 13.0. The van der Waals surface area contributed by atoms with Crippen LogP contribution in [-0.2, 0) is 17.6 Å². The Balaban J connectivity index is 1.38. The second kappa shape index (κ2) is 10.3. The summed E-state index contributed by atoms with van der Waals surface area (Å²) < 4.78 is 0. The third-order valence-electron chi connectivity index (χ3n) is 7.24. The number of hydrogen-bond donors (Lipinski definition) is 1. The minimum absolute atomic E-state index is 0.0556. The summed E-state index contributed by atoms with van der Waals surface area (Å²) in [6, 6.07) is 17.9. The summed E-state index contributed by atoms with van der Waals surface area (Å²) in [6.07, 6.45) is 3.96. The van der Waals surface area contributed by atoms with Crippen LogP contribution in [0.3, 0.4) is 0 Å². The Bertz CT molecular complexity index is 872. The van der Waals surface area contributed by atoms with Crippen LogP contribution in [0.1, 0.15) is 24.0 Å². The quantitative estimate of drug-likeness (QED) is 0.728. The summed E-state index contributed by atoms with van der Waals surface area (Å²) in [4.78, 5) is 20.1. The van der Waals surface area contributed by atoms with E-state index in [1.54, 1.807) is 0 Å². The summed E-state index contributed by atoms with van der Waals surface area (Å²) >= 11 is 5.97. The zero-order valence-corrected chi connectivity index (χ0v) is 19.8. The van der Waals surface area contributed by atoms with E-state index in [1.165, 1.54) is 18.4 Å². The molecule has 1 unspecified atom stereocenters. The molecule has 0 aromatic heterocycles. The molecule has 0 spiro atoms. The summed E-state index contributed by atoms with van der Waals surface area (Å²) in [5.74, 6) is 0.0556. The van der Waals surface area contributed by atoms with Gasteiger partial charge in [-0.25, -0.2) is 0 Å². The Morgan fingerprint density at radius 2 is 1.56 bits per heavy atom. The van der Waals surface area contributed by atoms with Crippen molar-refractivity contribution in [2.45, 2.75) is 37.3 Å². The van der Waals surface area contributed by atoms with Crippen LogP contribution in [0.25, 0.3) is 0 Å². The molecule has 1 atom stereocenters. The van der Waals surface area contributed by atoms with E-state index in [-0.39, 0.29) is 11.4 Å². The first-order valence-corrected chi connectivity index (χ1v) is 12.1. The van der Waals surface area contributed by atoms with Crippen LogP contribution in [0.4, 0.5) is 0 Å². The highest BCUT2D eigenvalue weighted by Crippen LogP contribution is 2.33. The fraction of sp³-hybridized carbons (Fsp3) is 0.500. The van der Waals surface area contributed by atoms with E-state index in [0.717, 1.165) is 51.3 Å². The topological polar surface area (TPSA) is 52.8 Å². The molecule has 0 aliphatic carbocycles. The van der Waals surface area contributed by atoms with Gasteiger partial charge in [-0.1, -0.05) is 54.1 Å². The lowest BCUT2D eigenvalue weighted by Crippen LogP contribution is -2.63. The number of piperazine rings is 1. The zero-order chi connectivity index (χ0) is 22.6. The van der Waals surface area contributed by atoms with Gasteiger partial charge in [0.15, 0.2) is 0 Å². The van der Waals surface area contributed by atoms with E-state index in [0.29, 0.717) is 11.4 Å². The molecule has 2 saturated heterocycles. The number of amides is 1. The number of halogens is 1. The highest BCUT2D eigenvalue weighted by molar-refractivity contribution is 6.30. The Morgan fingerprint density at radius 3 is 2.19 bits per heavy atom. The summed E-state index contributed by atoms with van der Waals surface area (Å²) in [5, 5.41) is 0.697. The average Bonchev–Trinajstić information content (AvgIpc) is 2.82. The Labute approximate surface area is 197 Å². The predicted molar refractivity (Wildman–Crippen MR) is 131 cm³/mol. The number of hydrogen-bond acceptors (Lipinski definition) is 4. The summed E-state index contributed by atoms with van der Waals surface area (Å²) in [5.41, 5.74) is 8.92. The first-order chi connectivity index (χ1) is 15.4. The fourth-order valence-electron chi connectivity index (χ4n) is 5.21. The van der Waals surface area contributed by atoms with E-state index in [2.05, 4.69) is 47.2 Å². The number of piperidine rings is 1. The first-order valence-electron chi connectivity index (χ1n) is 11.7. The van der Waals surface area contributed by atoms with Crippen molar-refractivity contribution in [2.75, 3.05) is 46.3 Å². The molecule has 2 aromatic carbocycles. The number of rotatable bonds is 6. The standard InChI is InChI=1S/C26H35ClN4O/c1-29-13-11-26(12-14-29,20-22-5-3-2-4-6-22)31-17-15-30(16-18-31)25(32)24(28)19-21-7-9-23(27)10-8-21/h2-10,24H,11-20,28H2,1H3. The van der Waals surface area contributed by atoms with E-state index >= 15 is 0 Å². The molecule has 2 aliphatic rings. The van der Waals surface area contributed by atoms with Gasteiger partial charge in [0, 0.05) is 36.7 Å². The number of likely N-dealkylation sites (tertiary alicyclic amines) is 1. The number of benzene rings is 2. The van der Waals surface area contributed by atoms with Gasteiger partial charge in [0.05, 0.1) is 6.04 Å². The van der Waals surface area contributed by atoms with Crippen LogP contribution >= 0.6 is 11.6 Å². The lowest BCUT2D eigenvalue weighted by molar-refractivity contribution is -0.135. The minimum Gasteiger partial charge on any atom is -0.339 e. The molecule has 2 N–H and O–H groups in total. The van der Waals surface area contributed by atoms with Gasteiger partial charge in [0.2, 0.25) is 5.91 Å². The fourth-order valence-corrected chi connectivity index (χ4v) is 5.34. The van der Waals surface area contributed by atoms with E-state index in [4.69, 9.17) is 17.3 Å². The molecule has 2 aromatic rings. The van der Waals surface area contributed by atoms with Gasteiger partial charge < -0.3 is 15.5 Å². The van der Waals surface area contributed by atoms with E-state index < -0.39 is 6.04 Å². The van der Waals surface area contributed by atoms with Crippen LogP contribution in [0.5, 0.6) is 0 Å². The molecule has 2 heterocycles. The molecular formula is C26H35ClN4O. The average molecular weight is 455 g/mol. The van der Waals surface area contributed by atoms with Gasteiger partial charge >= 0.3 is 0 Å². The smallest absolute Gasteiger partial charge is 0.239 e.